The van der Waals surface area contributed by atoms with Gasteiger partial charge in [-0.2, -0.15) is 0 Å². The van der Waals surface area contributed by atoms with Crippen LogP contribution in [0.3, 0.4) is 0 Å². The summed E-state index contributed by atoms with van der Waals surface area (Å²) in [6.07, 6.45) is 4.90. The van der Waals surface area contributed by atoms with Crippen molar-refractivity contribution in [2.75, 3.05) is 14.1 Å². The normalized spacial score (nSPS) is 21.1. The molecule has 0 aromatic heterocycles. The summed E-state index contributed by atoms with van der Waals surface area (Å²) >= 11 is 5.85. The quantitative estimate of drug-likeness (QED) is 0.580. The van der Waals surface area contributed by atoms with Crippen molar-refractivity contribution in [3.63, 3.8) is 0 Å². The van der Waals surface area contributed by atoms with Gasteiger partial charge in [-0.05, 0) is 88.2 Å². The predicted molar refractivity (Wildman–Crippen MR) is 122 cm³/mol. The molecule has 0 bridgehead atoms. The Hall–Kier alpha value is -2.24. The number of nitrogens with zero attached hydrogens (tertiary/aromatic N) is 1. The Morgan fingerprint density at radius 2 is 1.65 bits per heavy atom. The second-order valence-corrected chi connectivity index (χ2v) is 9.13. The maximum atomic E-state index is 13.2. The topological polar surface area (TPSA) is 49.4 Å². The molecule has 0 saturated heterocycles. The second kappa shape index (κ2) is 10.4. The van der Waals surface area contributed by atoms with Gasteiger partial charge in [0.2, 0.25) is 5.91 Å². The zero-order valence-electron chi connectivity index (χ0n) is 18.2. The summed E-state index contributed by atoms with van der Waals surface area (Å²) in [5.41, 5.74) is 1.70. The van der Waals surface area contributed by atoms with E-state index in [1.54, 1.807) is 24.3 Å². The minimum Gasteiger partial charge on any atom is -0.353 e. The van der Waals surface area contributed by atoms with E-state index in [0.717, 1.165) is 37.7 Å². The first-order valence-electron chi connectivity index (χ1n) is 10.8. The van der Waals surface area contributed by atoms with Crippen molar-refractivity contribution in [3.05, 3.63) is 70.5 Å². The number of Topliss-reactive ketones (excluding diaryl/α,β-unsaturated/α-hetero) is 1. The number of halogens is 2. The molecule has 2 aromatic rings. The van der Waals surface area contributed by atoms with Crippen LogP contribution in [0.4, 0.5) is 4.39 Å². The molecule has 0 heterocycles. The van der Waals surface area contributed by atoms with Crippen molar-refractivity contribution in [2.45, 2.75) is 56.5 Å². The van der Waals surface area contributed by atoms with Gasteiger partial charge in [0.05, 0.1) is 0 Å². The number of benzene rings is 2. The van der Waals surface area contributed by atoms with Crippen LogP contribution in [0.15, 0.2) is 48.5 Å². The van der Waals surface area contributed by atoms with Crippen molar-refractivity contribution in [1.82, 2.24) is 10.2 Å². The van der Waals surface area contributed by atoms with Crippen LogP contribution in [0.25, 0.3) is 0 Å². The van der Waals surface area contributed by atoms with Crippen LogP contribution in [0, 0.1) is 5.82 Å². The molecule has 6 heteroatoms. The zero-order valence-corrected chi connectivity index (χ0v) is 18.9. The molecule has 1 amide bonds. The average Bonchev–Trinajstić information content (AvgIpc) is 2.75. The molecule has 1 aliphatic carbocycles. The van der Waals surface area contributed by atoms with Gasteiger partial charge >= 0.3 is 0 Å². The second-order valence-electron chi connectivity index (χ2n) is 8.69. The molecule has 0 radical (unpaired) electrons. The molecular formula is C25H30ClFN2O2. The molecule has 1 aliphatic rings. The molecule has 0 atom stereocenters. The first-order valence-corrected chi connectivity index (χ1v) is 11.2. The number of hydrogen-bond acceptors (Lipinski definition) is 3. The Kier molecular flexibility index (Phi) is 7.84. The molecule has 2 aromatic carbocycles. The van der Waals surface area contributed by atoms with Gasteiger partial charge in [-0.1, -0.05) is 23.7 Å². The van der Waals surface area contributed by atoms with Gasteiger partial charge in [0, 0.05) is 35.0 Å². The van der Waals surface area contributed by atoms with Crippen LogP contribution in [-0.2, 0) is 11.2 Å². The highest BCUT2D eigenvalue weighted by atomic mass is 35.5. The monoisotopic (exact) mass is 444 g/mol. The van der Waals surface area contributed by atoms with Gasteiger partial charge in [0.25, 0.3) is 0 Å². The predicted octanol–water partition coefficient (Wildman–Crippen LogP) is 5.04. The summed E-state index contributed by atoms with van der Waals surface area (Å²) in [4.78, 5) is 26.9. The lowest BCUT2D eigenvalue weighted by Crippen LogP contribution is -2.52. The first-order chi connectivity index (χ1) is 14.8. The third kappa shape index (κ3) is 6.37. The zero-order chi connectivity index (χ0) is 22.4. The SMILES string of the molecule is CN(C)C1(Cc2ccc(F)cc2)CCC(NC(=O)CCC(=O)c2ccc(Cl)cc2)CC1. The van der Waals surface area contributed by atoms with Crippen molar-refractivity contribution in [3.8, 4) is 0 Å². The molecule has 0 unspecified atom stereocenters. The molecular weight excluding hydrogens is 415 g/mol. The minimum atomic E-state index is -0.219. The van der Waals surface area contributed by atoms with Crippen LogP contribution in [-0.4, -0.2) is 42.3 Å². The molecule has 31 heavy (non-hydrogen) atoms. The Labute approximate surface area is 188 Å². The Morgan fingerprint density at radius 1 is 1.03 bits per heavy atom. The van der Waals surface area contributed by atoms with Crippen LogP contribution in [0.2, 0.25) is 5.02 Å². The highest BCUT2D eigenvalue weighted by molar-refractivity contribution is 6.30. The number of nitrogens with one attached hydrogen (secondary N) is 1. The summed E-state index contributed by atoms with van der Waals surface area (Å²) in [5, 5.41) is 3.69. The summed E-state index contributed by atoms with van der Waals surface area (Å²) in [6.45, 7) is 0. The lowest BCUT2D eigenvalue weighted by Gasteiger charge is -2.45. The number of amides is 1. The number of rotatable bonds is 8. The molecule has 0 aliphatic heterocycles. The smallest absolute Gasteiger partial charge is 0.220 e. The Bertz CT molecular complexity index is 889. The first kappa shape index (κ1) is 23.4. The average molecular weight is 445 g/mol. The van der Waals surface area contributed by atoms with Crippen LogP contribution in [0.1, 0.15) is 54.4 Å². The van der Waals surface area contributed by atoms with Crippen molar-refractivity contribution in [1.29, 1.82) is 0 Å². The fourth-order valence-corrected chi connectivity index (χ4v) is 4.50. The highest BCUT2D eigenvalue weighted by Gasteiger charge is 2.37. The van der Waals surface area contributed by atoms with Gasteiger partial charge in [-0.3, -0.25) is 9.59 Å². The Balaban J connectivity index is 1.48. The molecule has 3 rings (SSSR count). The van der Waals surface area contributed by atoms with E-state index < -0.39 is 0 Å². The summed E-state index contributed by atoms with van der Waals surface area (Å²) < 4.78 is 13.2. The van der Waals surface area contributed by atoms with Gasteiger partial charge in [-0.15, -0.1) is 0 Å². The van der Waals surface area contributed by atoms with Crippen LogP contribution < -0.4 is 5.32 Å². The van der Waals surface area contributed by atoms with E-state index >= 15 is 0 Å². The van der Waals surface area contributed by atoms with Gasteiger partial charge in [-0.25, -0.2) is 4.39 Å². The lowest BCUT2D eigenvalue weighted by atomic mass is 9.75. The lowest BCUT2D eigenvalue weighted by molar-refractivity contribution is -0.122. The fourth-order valence-electron chi connectivity index (χ4n) is 4.37. The van der Waals surface area contributed by atoms with Crippen molar-refractivity contribution >= 4 is 23.3 Å². The van der Waals surface area contributed by atoms with Crippen LogP contribution >= 0.6 is 11.6 Å². The highest BCUT2D eigenvalue weighted by Crippen LogP contribution is 2.35. The standard InChI is InChI=1S/C25H30ClFN2O2/c1-29(2)25(17-18-3-9-21(27)10-4-18)15-13-22(14-16-25)28-24(31)12-11-23(30)19-5-7-20(26)8-6-19/h3-10,22H,11-17H2,1-2H3,(H,28,31). The van der Waals surface area contributed by atoms with Gasteiger partial charge < -0.3 is 10.2 Å². The van der Waals surface area contributed by atoms with Crippen molar-refractivity contribution < 1.29 is 14.0 Å². The molecule has 0 spiro atoms. The van der Waals surface area contributed by atoms with Crippen LogP contribution in [0.5, 0.6) is 0 Å². The summed E-state index contributed by atoms with van der Waals surface area (Å²) in [7, 11) is 4.18. The number of hydrogen-bond donors (Lipinski definition) is 1. The number of carbonyl (C=O) groups excluding carboxylic acids is 2. The van der Waals surface area contributed by atoms with E-state index in [9.17, 15) is 14.0 Å². The summed E-state index contributed by atoms with van der Waals surface area (Å²) in [5.74, 6) is -0.354. The van der Waals surface area contributed by atoms with Gasteiger partial charge in [0.15, 0.2) is 5.78 Å². The van der Waals surface area contributed by atoms with Crippen molar-refractivity contribution in [2.24, 2.45) is 0 Å². The number of ketones is 1. The number of carbonyl (C=O) groups is 2. The van der Waals surface area contributed by atoms with E-state index in [4.69, 9.17) is 11.6 Å². The van der Waals surface area contributed by atoms with E-state index in [2.05, 4.69) is 24.3 Å². The van der Waals surface area contributed by atoms with E-state index in [-0.39, 0.29) is 41.9 Å². The molecule has 1 saturated carbocycles. The number of likely N-dealkylation sites (N-methyl/N-ethyl adjacent to an activating group) is 1. The molecule has 166 valence electrons. The Morgan fingerprint density at radius 3 is 2.23 bits per heavy atom. The minimum absolute atomic E-state index is 0.00358. The van der Waals surface area contributed by atoms with E-state index in [0.29, 0.717) is 10.6 Å². The maximum Gasteiger partial charge on any atom is 0.220 e. The van der Waals surface area contributed by atoms with E-state index in [1.165, 1.54) is 12.1 Å². The molecule has 1 fully saturated rings. The molecule has 4 nitrogen and oxygen atoms in total. The third-order valence-corrected chi connectivity index (χ3v) is 6.67. The van der Waals surface area contributed by atoms with Gasteiger partial charge in [0.1, 0.15) is 5.82 Å². The third-order valence-electron chi connectivity index (χ3n) is 6.42. The maximum absolute atomic E-state index is 13.2. The fraction of sp³-hybridized carbons (Fsp3) is 0.440. The summed E-state index contributed by atoms with van der Waals surface area (Å²) in [6, 6.07) is 13.6. The molecule has 1 N–H and O–H groups in total. The van der Waals surface area contributed by atoms with E-state index in [1.807, 2.05) is 12.1 Å². The largest absolute Gasteiger partial charge is 0.353 e.